The average molecular weight is 403 g/mol. The van der Waals surface area contributed by atoms with Gasteiger partial charge in [0.1, 0.15) is 12.1 Å². The van der Waals surface area contributed by atoms with Gasteiger partial charge in [-0.1, -0.05) is 58.7 Å². The molecule has 2 rings (SSSR count). The monoisotopic (exact) mass is 403 g/mol. The van der Waals surface area contributed by atoms with E-state index >= 15 is 0 Å². The van der Waals surface area contributed by atoms with Crippen molar-refractivity contribution in [2.45, 2.75) is 65.5 Å². The van der Waals surface area contributed by atoms with Gasteiger partial charge in [0.05, 0.1) is 6.42 Å². The normalized spacial score (nSPS) is 13.5. The number of aromatic nitrogens is 2. The number of alkyl carbamates (subject to hydrolysis) is 1. The molecule has 8 nitrogen and oxygen atoms in total. The lowest BCUT2D eigenvalue weighted by Crippen LogP contribution is -2.44. The van der Waals surface area contributed by atoms with Gasteiger partial charge in [0.2, 0.25) is 11.8 Å². The molecule has 0 unspecified atom stereocenters. The van der Waals surface area contributed by atoms with Crippen LogP contribution in [0.25, 0.3) is 11.5 Å². The summed E-state index contributed by atoms with van der Waals surface area (Å²) in [6.07, 6.45) is 0.772. The van der Waals surface area contributed by atoms with Crippen LogP contribution in [0.4, 0.5) is 4.79 Å². The molecule has 0 radical (unpaired) electrons. The van der Waals surface area contributed by atoms with E-state index in [-0.39, 0.29) is 6.42 Å². The summed E-state index contributed by atoms with van der Waals surface area (Å²) in [6.45, 7) is 7.72. The lowest BCUT2D eigenvalue weighted by molar-refractivity contribution is -0.139. The third kappa shape index (κ3) is 6.89. The van der Waals surface area contributed by atoms with Crippen molar-refractivity contribution in [2.75, 3.05) is 0 Å². The maximum absolute atomic E-state index is 12.3. The average Bonchev–Trinajstić information content (AvgIpc) is 3.13. The van der Waals surface area contributed by atoms with Crippen LogP contribution in [0.15, 0.2) is 34.7 Å². The molecule has 1 amide bonds. The third-order valence-corrected chi connectivity index (χ3v) is 4.50. The van der Waals surface area contributed by atoms with Crippen molar-refractivity contribution in [1.29, 1.82) is 0 Å². The molecule has 29 heavy (non-hydrogen) atoms. The van der Waals surface area contributed by atoms with Crippen molar-refractivity contribution in [3.05, 3.63) is 36.2 Å². The Morgan fingerprint density at radius 2 is 1.90 bits per heavy atom. The molecule has 1 aromatic heterocycles. The van der Waals surface area contributed by atoms with Gasteiger partial charge in [-0.15, -0.1) is 10.2 Å². The summed E-state index contributed by atoms with van der Waals surface area (Å²) in [4.78, 5) is 23.7. The number of carbonyl (C=O) groups is 2. The Hall–Kier alpha value is -2.90. The second-order valence-corrected chi connectivity index (χ2v) is 8.01. The van der Waals surface area contributed by atoms with Crippen molar-refractivity contribution in [2.24, 2.45) is 5.41 Å². The number of rotatable bonds is 9. The molecule has 0 saturated heterocycles. The van der Waals surface area contributed by atoms with Crippen molar-refractivity contribution in [1.82, 2.24) is 15.5 Å². The molecule has 0 bridgehead atoms. The molecule has 8 heteroatoms. The lowest BCUT2D eigenvalue weighted by atomic mass is 9.87. The molecular weight excluding hydrogens is 374 g/mol. The lowest BCUT2D eigenvalue weighted by Gasteiger charge is -2.29. The summed E-state index contributed by atoms with van der Waals surface area (Å²) in [7, 11) is 0. The molecule has 0 saturated carbocycles. The van der Waals surface area contributed by atoms with Crippen molar-refractivity contribution >= 4 is 12.1 Å². The first-order valence-electron chi connectivity index (χ1n) is 9.78. The van der Waals surface area contributed by atoms with Gasteiger partial charge in [0, 0.05) is 5.56 Å². The minimum atomic E-state index is -1.08. The highest BCUT2D eigenvalue weighted by Gasteiger charge is 2.32. The van der Waals surface area contributed by atoms with Gasteiger partial charge in [0.15, 0.2) is 0 Å². The minimum absolute atomic E-state index is 0.226. The second-order valence-electron chi connectivity index (χ2n) is 8.01. The van der Waals surface area contributed by atoms with E-state index in [4.69, 9.17) is 9.15 Å². The van der Waals surface area contributed by atoms with E-state index in [9.17, 15) is 14.7 Å². The van der Waals surface area contributed by atoms with E-state index in [2.05, 4.69) is 15.5 Å². The highest BCUT2D eigenvalue weighted by molar-refractivity contribution is 5.79. The first-order valence-corrected chi connectivity index (χ1v) is 9.78. The van der Waals surface area contributed by atoms with Gasteiger partial charge >= 0.3 is 12.1 Å². The summed E-state index contributed by atoms with van der Waals surface area (Å²) in [6, 6.07) is 8.41. The summed E-state index contributed by atoms with van der Waals surface area (Å²) in [5, 5.41) is 19.8. The van der Waals surface area contributed by atoms with Crippen LogP contribution in [-0.2, 0) is 16.0 Å². The number of hydrogen-bond donors (Lipinski definition) is 2. The van der Waals surface area contributed by atoms with Crippen molar-refractivity contribution < 1.29 is 23.8 Å². The maximum Gasteiger partial charge on any atom is 0.408 e. The van der Waals surface area contributed by atoms with Gasteiger partial charge in [-0.2, -0.15) is 0 Å². The first-order chi connectivity index (χ1) is 13.7. The number of nitrogens with one attached hydrogen (secondary N) is 1. The maximum atomic E-state index is 12.3. The predicted molar refractivity (Wildman–Crippen MR) is 107 cm³/mol. The molecule has 0 fully saturated rings. The molecule has 158 valence electrons. The fraction of sp³-hybridized carbons (Fsp3) is 0.524. The Morgan fingerprint density at radius 3 is 2.48 bits per heavy atom. The van der Waals surface area contributed by atoms with Gasteiger partial charge in [0.25, 0.3) is 0 Å². The number of amides is 1. The second kappa shape index (κ2) is 10.0. The van der Waals surface area contributed by atoms with E-state index in [1.807, 2.05) is 58.0 Å². The fourth-order valence-corrected chi connectivity index (χ4v) is 2.69. The number of ether oxygens (including phenoxy) is 1. The summed E-state index contributed by atoms with van der Waals surface area (Å²) >= 11 is 0. The zero-order valence-corrected chi connectivity index (χ0v) is 17.3. The number of benzene rings is 1. The highest BCUT2D eigenvalue weighted by Crippen LogP contribution is 2.27. The standard InChI is InChI=1S/C21H29N3O5/c1-5-6-12-15(19(25)26)22-20(27)28-16(21(2,3)4)13-17-23-24-18(29-17)14-10-8-7-9-11-14/h7-11,15-16H,5-6,12-13H2,1-4H3,(H,22,27)(H,25,26)/t15-,16+/m0/s1. The Morgan fingerprint density at radius 1 is 1.21 bits per heavy atom. The highest BCUT2D eigenvalue weighted by atomic mass is 16.6. The van der Waals surface area contributed by atoms with Crippen LogP contribution in [-0.4, -0.2) is 39.5 Å². The molecule has 0 aliphatic heterocycles. The summed E-state index contributed by atoms with van der Waals surface area (Å²) in [5.74, 6) is -0.340. The Balaban J connectivity index is 2.05. The zero-order chi connectivity index (χ0) is 21.4. The van der Waals surface area contributed by atoms with Crippen LogP contribution >= 0.6 is 0 Å². The number of hydrogen-bond acceptors (Lipinski definition) is 6. The van der Waals surface area contributed by atoms with Crippen molar-refractivity contribution in [3.63, 3.8) is 0 Å². The van der Waals surface area contributed by atoms with Crippen LogP contribution < -0.4 is 5.32 Å². The molecule has 2 atom stereocenters. The summed E-state index contributed by atoms with van der Waals surface area (Å²) < 4.78 is 11.3. The number of carboxylic acid groups (broad SMARTS) is 1. The zero-order valence-electron chi connectivity index (χ0n) is 17.3. The van der Waals surface area contributed by atoms with Crippen LogP contribution in [0, 0.1) is 5.41 Å². The van der Waals surface area contributed by atoms with E-state index in [0.29, 0.717) is 24.6 Å². The molecule has 1 heterocycles. The number of nitrogens with zero attached hydrogens (tertiary/aromatic N) is 2. The van der Waals surface area contributed by atoms with Crippen LogP contribution in [0.2, 0.25) is 0 Å². The molecule has 1 aromatic carbocycles. The van der Waals surface area contributed by atoms with Gasteiger partial charge in [-0.05, 0) is 24.0 Å². The van der Waals surface area contributed by atoms with E-state index in [1.165, 1.54) is 0 Å². The molecule has 2 N–H and O–H groups in total. The van der Waals surface area contributed by atoms with Gasteiger partial charge in [-0.25, -0.2) is 9.59 Å². The fourth-order valence-electron chi connectivity index (χ4n) is 2.69. The number of carboxylic acids is 1. The van der Waals surface area contributed by atoms with Crippen LogP contribution in [0.5, 0.6) is 0 Å². The SMILES string of the molecule is CCCC[C@H](NC(=O)O[C@H](Cc1nnc(-c2ccccc2)o1)C(C)(C)C)C(=O)O. The van der Waals surface area contributed by atoms with Crippen LogP contribution in [0.3, 0.4) is 0 Å². The van der Waals surface area contributed by atoms with Gasteiger partial charge < -0.3 is 19.6 Å². The number of aliphatic carboxylic acids is 1. The Kier molecular flexibility index (Phi) is 7.75. The molecular formula is C21H29N3O5. The van der Waals surface area contributed by atoms with Crippen LogP contribution in [0.1, 0.15) is 52.8 Å². The van der Waals surface area contributed by atoms with E-state index < -0.39 is 29.6 Å². The molecule has 2 aromatic rings. The molecule has 0 aliphatic rings. The molecule has 0 spiro atoms. The minimum Gasteiger partial charge on any atom is -0.480 e. The summed E-state index contributed by atoms with van der Waals surface area (Å²) in [5.41, 5.74) is 0.387. The molecule has 0 aliphatic carbocycles. The predicted octanol–water partition coefficient (Wildman–Crippen LogP) is 4.06. The quantitative estimate of drug-likeness (QED) is 0.649. The third-order valence-electron chi connectivity index (χ3n) is 4.50. The van der Waals surface area contributed by atoms with E-state index in [0.717, 1.165) is 12.0 Å². The van der Waals surface area contributed by atoms with E-state index in [1.54, 1.807) is 0 Å². The first kappa shape index (κ1) is 22.4. The Labute approximate surface area is 170 Å². The largest absolute Gasteiger partial charge is 0.480 e. The number of unbranched alkanes of at least 4 members (excludes halogenated alkanes) is 1. The number of carbonyl (C=O) groups excluding carboxylic acids is 1. The Bertz CT molecular complexity index is 798. The topological polar surface area (TPSA) is 115 Å². The smallest absolute Gasteiger partial charge is 0.408 e. The van der Waals surface area contributed by atoms with Gasteiger partial charge in [-0.3, -0.25) is 0 Å². The van der Waals surface area contributed by atoms with Crippen molar-refractivity contribution in [3.8, 4) is 11.5 Å².